The SMILES string of the molecule is CO[C@H](C)[C@@H](C)Nc1nc(-c2ccccn2)nc2c1CCC2. The minimum absolute atomic E-state index is 0.116. The molecular weight excluding hydrogens is 276 g/mol. The zero-order valence-electron chi connectivity index (χ0n) is 13.3. The first-order valence-corrected chi connectivity index (χ1v) is 7.79. The first-order chi connectivity index (χ1) is 10.7. The van der Waals surface area contributed by atoms with Crippen molar-refractivity contribution in [3.63, 3.8) is 0 Å². The lowest BCUT2D eigenvalue weighted by Gasteiger charge is -2.22. The molecule has 0 amide bonds. The monoisotopic (exact) mass is 298 g/mol. The number of rotatable bonds is 5. The third-order valence-electron chi connectivity index (χ3n) is 4.27. The number of hydrogen-bond acceptors (Lipinski definition) is 5. The van der Waals surface area contributed by atoms with E-state index < -0.39 is 0 Å². The Bertz CT molecular complexity index is 645. The second-order valence-electron chi connectivity index (χ2n) is 5.76. The van der Waals surface area contributed by atoms with E-state index in [1.165, 1.54) is 5.56 Å². The van der Waals surface area contributed by atoms with Gasteiger partial charge in [0.1, 0.15) is 11.5 Å². The zero-order valence-corrected chi connectivity index (χ0v) is 13.3. The van der Waals surface area contributed by atoms with Gasteiger partial charge in [0.05, 0.1) is 12.1 Å². The fourth-order valence-electron chi connectivity index (χ4n) is 2.70. The Hall–Kier alpha value is -2.01. The Labute approximate surface area is 131 Å². The maximum absolute atomic E-state index is 5.40. The van der Waals surface area contributed by atoms with Crippen molar-refractivity contribution in [3.8, 4) is 11.5 Å². The Morgan fingerprint density at radius 1 is 1.18 bits per heavy atom. The summed E-state index contributed by atoms with van der Waals surface area (Å²) in [6, 6.07) is 5.99. The lowest BCUT2D eigenvalue weighted by molar-refractivity contribution is 0.106. The molecule has 5 heteroatoms. The van der Waals surface area contributed by atoms with Gasteiger partial charge >= 0.3 is 0 Å². The third kappa shape index (κ3) is 2.95. The van der Waals surface area contributed by atoms with Crippen molar-refractivity contribution in [1.82, 2.24) is 15.0 Å². The van der Waals surface area contributed by atoms with Crippen LogP contribution in [0, 0.1) is 0 Å². The van der Waals surface area contributed by atoms with E-state index in [1.807, 2.05) is 18.2 Å². The maximum atomic E-state index is 5.40. The molecule has 0 saturated heterocycles. The molecule has 1 N–H and O–H groups in total. The highest BCUT2D eigenvalue weighted by Gasteiger charge is 2.22. The lowest BCUT2D eigenvalue weighted by Crippen LogP contribution is -2.30. The molecule has 0 spiro atoms. The molecule has 1 aliphatic rings. The van der Waals surface area contributed by atoms with Gasteiger partial charge in [-0.1, -0.05) is 6.07 Å². The molecule has 3 rings (SSSR count). The number of aromatic nitrogens is 3. The molecule has 2 aromatic heterocycles. The standard InChI is InChI=1S/C17H22N4O/c1-11(12(2)22-3)19-16-13-7-6-9-14(13)20-17(21-16)15-8-4-5-10-18-15/h4-5,8,10-12H,6-7,9H2,1-3H3,(H,19,20,21)/t11-,12-/m1/s1. The van der Waals surface area contributed by atoms with Gasteiger partial charge in [-0.25, -0.2) is 9.97 Å². The lowest BCUT2D eigenvalue weighted by atomic mass is 10.1. The molecule has 2 aromatic rings. The van der Waals surface area contributed by atoms with E-state index in [1.54, 1.807) is 13.3 Å². The summed E-state index contributed by atoms with van der Waals surface area (Å²) in [4.78, 5) is 13.8. The van der Waals surface area contributed by atoms with E-state index in [-0.39, 0.29) is 12.1 Å². The van der Waals surface area contributed by atoms with Crippen LogP contribution in [0.25, 0.3) is 11.5 Å². The van der Waals surface area contributed by atoms with Crippen LogP contribution >= 0.6 is 0 Å². The normalized spacial score (nSPS) is 16.1. The fourth-order valence-corrected chi connectivity index (χ4v) is 2.70. The van der Waals surface area contributed by atoms with Gasteiger partial charge in [0.15, 0.2) is 5.82 Å². The zero-order chi connectivity index (χ0) is 15.5. The largest absolute Gasteiger partial charge is 0.380 e. The number of fused-ring (bicyclic) bond motifs is 1. The van der Waals surface area contributed by atoms with Crippen LogP contribution in [0.3, 0.4) is 0 Å². The molecule has 0 saturated carbocycles. The summed E-state index contributed by atoms with van der Waals surface area (Å²) < 4.78 is 5.40. The second-order valence-corrected chi connectivity index (χ2v) is 5.76. The van der Waals surface area contributed by atoms with E-state index in [2.05, 4.69) is 24.1 Å². The van der Waals surface area contributed by atoms with Gasteiger partial charge in [0.2, 0.25) is 0 Å². The summed E-state index contributed by atoms with van der Waals surface area (Å²) in [5, 5.41) is 3.50. The molecule has 0 fully saturated rings. The Balaban J connectivity index is 1.97. The van der Waals surface area contributed by atoms with E-state index >= 15 is 0 Å². The number of aryl methyl sites for hydroxylation is 1. The molecule has 2 atom stereocenters. The smallest absolute Gasteiger partial charge is 0.180 e. The van der Waals surface area contributed by atoms with Crippen LogP contribution in [0.5, 0.6) is 0 Å². The van der Waals surface area contributed by atoms with Crippen LogP contribution in [0.2, 0.25) is 0 Å². The van der Waals surface area contributed by atoms with Gasteiger partial charge in [-0.2, -0.15) is 0 Å². The Kier molecular flexibility index (Phi) is 4.34. The van der Waals surface area contributed by atoms with Gasteiger partial charge in [0, 0.05) is 24.6 Å². The van der Waals surface area contributed by atoms with Crippen LogP contribution in [-0.4, -0.2) is 34.2 Å². The van der Waals surface area contributed by atoms with E-state index in [0.29, 0.717) is 5.82 Å². The highest BCUT2D eigenvalue weighted by Crippen LogP contribution is 2.29. The van der Waals surface area contributed by atoms with Crippen LogP contribution < -0.4 is 5.32 Å². The molecule has 0 bridgehead atoms. The number of hydrogen-bond donors (Lipinski definition) is 1. The molecule has 5 nitrogen and oxygen atoms in total. The molecular formula is C17H22N4O. The topological polar surface area (TPSA) is 59.9 Å². The van der Waals surface area contributed by atoms with Crippen molar-refractivity contribution in [2.45, 2.75) is 45.3 Å². The van der Waals surface area contributed by atoms with Crippen molar-refractivity contribution in [2.24, 2.45) is 0 Å². The maximum Gasteiger partial charge on any atom is 0.180 e. The van der Waals surface area contributed by atoms with Crippen LogP contribution in [0.1, 0.15) is 31.5 Å². The van der Waals surface area contributed by atoms with Gasteiger partial charge in [-0.3, -0.25) is 4.98 Å². The summed E-state index contributed by atoms with van der Waals surface area (Å²) in [7, 11) is 1.73. The van der Waals surface area contributed by atoms with Crippen molar-refractivity contribution >= 4 is 5.82 Å². The van der Waals surface area contributed by atoms with Crippen LogP contribution in [0.15, 0.2) is 24.4 Å². The van der Waals surface area contributed by atoms with Crippen molar-refractivity contribution < 1.29 is 4.74 Å². The molecule has 22 heavy (non-hydrogen) atoms. The van der Waals surface area contributed by atoms with Crippen molar-refractivity contribution in [2.75, 3.05) is 12.4 Å². The summed E-state index contributed by atoms with van der Waals surface area (Å²) in [6.07, 6.45) is 5.08. The van der Waals surface area contributed by atoms with E-state index in [9.17, 15) is 0 Å². The molecule has 116 valence electrons. The highest BCUT2D eigenvalue weighted by molar-refractivity contribution is 5.58. The van der Waals surface area contributed by atoms with Gasteiger partial charge < -0.3 is 10.1 Å². The second kappa shape index (κ2) is 6.40. The third-order valence-corrected chi connectivity index (χ3v) is 4.27. The fraction of sp³-hybridized carbons (Fsp3) is 0.471. The minimum atomic E-state index is 0.116. The van der Waals surface area contributed by atoms with Gasteiger partial charge in [-0.15, -0.1) is 0 Å². The van der Waals surface area contributed by atoms with Gasteiger partial charge in [0.25, 0.3) is 0 Å². The number of anilines is 1. The first kappa shape index (κ1) is 14.9. The molecule has 0 aromatic carbocycles. The number of nitrogens with one attached hydrogen (secondary N) is 1. The van der Waals surface area contributed by atoms with Gasteiger partial charge in [-0.05, 0) is 45.2 Å². The van der Waals surface area contributed by atoms with Crippen molar-refractivity contribution in [1.29, 1.82) is 0 Å². The molecule has 1 aliphatic carbocycles. The molecule has 0 unspecified atom stereocenters. The average Bonchev–Trinajstić information content (AvgIpc) is 3.03. The first-order valence-electron chi connectivity index (χ1n) is 7.79. The summed E-state index contributed by atoms with van der Waals surface area (Å²) in [5.74, 6) is 1.63. The Morgan fingerprint density at radius 2 is 2.05 bits per heavy atom. The molecule has 0 aliphatic heterocycles. The van der Waals surface area contributed by atoms with E-state index in [4.69, 9.17) is 14.7 Å². The minimum Gasteiger partial charge on any atom is -0.380 e. The predicted octanol–water partition coefficient (Wildman–Crippen LogP) is 2.86. The predicted molar refractivity (Wildman–Crippen MR) is 86.8 cm³/mol. The number of methoxy groups -OCH3 is 1. The number of ether oxygens (including phenoxy) is 1. The summed E-state index contributed by atoms with van der Waals surface area (Å²) in [5.41, 5.74) is 3.21. The van der Waals surface area contributed by atoms with E-state index in [0.717, 1.165) is 36.5 Å². The summed E-state index contributed by atoms with van der Waals surface area (Å²) >= 11 is 0. The van der Waals surface area contributed by atoms with Crippen molar-refractivity contribution in [3.05, 3.63) is 35.7 Å². The molecule has 0 radical (unpaired) electrons. The van der Waals surface area contributed by atoms with Crippen LogP contribution in [-0.2, 0) is 17.6 Å². The average molecular weight is 298 g/mol. The van der Waals surface area contributed by atoms with Crippen LogP contribution in [0.4, 0.5) is 5.82 Å². The molecule has 2 heterocycles. The number of pyridine rings is 1. The summed E-state index contributed by atoms with van der Waals surface area (Å²) in [6.45, 7) is 4.16. The highest BCUT2D eigenvalue weighted by atomic mass is 16.5. The Morgan fingerprint density at radius 3 is 2.77 bits per heavy atom. The quantitative estimate of drug-likeness (QED) is 0.919. The number of nitrogens with zero attached hydrogens (tertiary/aromatic N) is 3.